The molecule has 1 heterocycles. The zero-order chi connectivity index (χ0) is 8.65. The van der Waals surface area contributed by atoms with E-state index in [1.54, 1.807) is 0 Å². The molecule has 0 aromatic carbocycles. The van der Waals surface area contributed by atoms with Gasteiger partial charge in [-0.15, -0.1) is 0 Å². The summed E-state index contributed by atoms with van der Waals surface area (Å²) in [5, 5.41) is 0. The topological polar surface area (TPSA) is 3.24 Å². The van der Waals surface area contributed by atoms with E-state index in [0.717, 1.165) is 12.0 Å². The number of hydrogen-bond donors (Lipinski definition) is 0. The quantitative estimate of drug-likeness (QED) is 0.519. The molecular weight excluding hydrogens is 134 g/mol. The van der Waals surface area contributed by atoms with Gasteiger partial charge in [0.15, 0.2) is 0 Å². The van der Waals surface area contributed by atoms with Crippen molar-refractivity contribution in [3.63, 3.8) is 0 Å². The molecule has 1 saturated heterocycles. The zero-order valence-corrected chi connectivity index (χ0v) is 8.52. The Hall–Kier alpha value is -0.0400. The second-order valence-electron chi connectivity index (χ2n) is 5.09. The molecule has 0 N–H and O–H groups in total. The minimum absolute atomic E-state index is 0.499. The number of hydrogen-bond acceptors (Lipinski definition) is 1. The maximum atomic E-state index is 2.47. The van der Waals surface area contributed by atoms with Crippen LogP contribution in [0.1, 0.15) is 34.1 Å². The average Bonchev–Trinajstić information content (AvgIpc) is 2.11. The Morgan fingerprint density at radius 1 is 1.27 bits per heavy atom. The fourth-order valence-corrected chi connectivity index (χ4v) is 1.82. The highest BCUT2D eigenvalue weighted by molar-refractivity contribution is 4.86. The molecule has 2 atom stereocenters. The molecule has 0 radical (unpaired) electrons. The van der Waals surface area contributed by atoms with Gasteiger partial charge in [-0.1, -0.05) is 20.8 Å². The third-order valence-corrected chi connectivity index (χ3v) is 3.11. The van der Waals surface area contributed by atoms with E-state index in [2.05, 4.69) is 39.6 Å². The third-order valence-electron chi connectivity index (χ3n) is 3.11. The summed E-state index contributed by atoms with van der Waals surface area (Å²) in [5.41, 5.74) is 0.499. The molecule has 0 amide bonds. The minimum atomic E-state index is 0.499. The average molecular weight is 155 g/mol. The fraction of sp³-hybridized carbons (Fsp3) is 1.00. The molecule has 1 rings (SSSR count). The van der Waals surface area contributed by atoms with Gasteiger partial charge >= 0.3 is 0 Å². The predicted octanol–water partition coefficient (Wildman–Crippen LogP) is 2.37. The van der Waals surface area contributed by atoms with Crippen LogP contribution in [0.2, 0.25) is 0 Å². The van der Waals surface area contributed by atoms with E-state index in [9.17, 15) is 0 Å². The van der Waals surface area contributed by atoms with Crippen LogP contribution in [0.3, 0.4) is 0 Å². The van der Waals surface area contributed by atoms with Crippen molar-refractivity contribution < 1.29 is 0 Å². The maximum absolute atomic E-state index is 2.47. The molecule has 1 heteroatoms. The summed E-state index contributed by atoms with van der Waals surface area (Å²) < 4.78 is 0. The molecule has 1 unspecified atom stereocenters. The summed E-state index contributed by atoms with van der Waals surface area (Å²) in [6, 6.07) is 0.791. The highest BCUT2D eigenvalue weighted by atomic mass is 15.1. The van der Waals surface area contributed by atoms with Crippen LogP contribution < -0.4 is 0 Å². The van der Waals surface area contributed by atoms with Crippen LogP contribution in [-0.2, 0) is 0 Å². The molecule has 0 aromatic heterocycles. The Bertz CT molecular complexity index is 124. The van der Waals surface area contributed by atoms with Gasteiger partial charge < -0.3 is 4.90 Å². The van der Waals surface area contributed by atoms with Crippen LogP contribution in [0.15, 0.2) is 0 Å². The lowest BCUT2D eigenvalue weighted by atomic mass is 9.79. The van der Waals surface area contributed by atoms with Crippen LogP contribution in [-0.4, -0.2) is 24.5 Å². The molecule has 0 bridgehead atoms. The summed E-state index contributed by atoms with van der Waals surface area (Å²) in [5.74, 6) is 0.891. The van der Waals surface area contributed by atoms with E-state index >= 15 is 0 Å². The molecular formula is C10H21N. The highest BCUT2D eigenvalue weighted by Crippen LogP contribution is 2.35. The van der Waals surface area contributed by atoms with Crippen molar-refractivity contribution >= 4 is 0 Å². The monoisotopic (exact) mass is 155 g/mol. The smallest absolute Gasteiger partial charge is 0.00673 e. The van der Waals surface area contributed by atoms with E-state index in [-0.39, 0.29) is 0 Å². The first-order valence-corrected chi connectivity index (χ1v) is 4.61. The lowest BCUT2D eigenvalue weighted by molar-refractivity contribution is 0.240. The Morgan fingerprint density at radius 2 is 1.82 bits per heavy atom. The first kappa shape index (κ1) is 9.05. The Balaban J connectivity index is 2.54. The van der Waals surface area contributed by atoms with Crippen molar-refractivity contribution in [2.45, 2.75) is 40.2 Å². The molecule has 1 aliphatic heterocycles. The van der Waals surface area contributed by atoms with Gasteiger partial charge in [-0.05, 0) is 31.7 Å². The Labute approximate surface area is 70.8 Å². The summed E-state index contributed by atoms with van der Waals surface area (Å²) in [6.45, 7) is 10.7. The summed E-state index contributed by atoms with van der Waals surface area (Å²) in [4.78, 5) is 2.47. The summed E-state index contributed by atoms with van der Waals surface area (Å²) in [6.07, 6.45) is 1.38. The lowest BCUT2D eigenvalue weighted by Gasteiger charge is -2.26. The van der Waals surface area contributed by atoms with Crippen molar-refractivity contribution in [3.8, 4) is 0 Å². The van der Waals surface area contributed by atoms with Crippen LogP contribution in [0, 0.1) is 11.3 Å². The second-order valence-corrected chi connectivity index (χ2v) is 5.09. The van der Waals surface area contributed by atoms with Gasteiger partial charge in [0.1, 0.15) is 0 Å². The zero-order valence-electron chi connectivity index (χ0n) is 8.52. The van der Waals surface area contributed by atoms with Gasteiger partial charge in [-0.2, -0.15) is 0 Å². The first-order chi connectivity index (χ1) is 4.91. The van der Waals surface area contributed by atoms with Crippen molar-refractivity contribution in [1.82, 2.24) is 4.90 Å². The van der Waals surface area contributed by atoms with Gasteiger partial charge in [-0.25, -0.2) is 0 Å². The molecule has 66 valence electrons. The summed E-state index contributed by atoms with van der Waals surface area (Å²) >= 11 is 0. The molecule has 0 saturated carbocycles. The molecule has 11 heavy (non-hydrogen) atoms. The van der Waals surface area contributed by atoms with Gasteiger partial charge in [-0.3, -0.25) is 0 Å². The number of nitrogens with zero attached hydrogens (tertiary/aromatic N) is 1. The van der Waals surface area contributed by atoms with E-state index in [1.165, 1.54) is 13.0 Å². The van der Waals surface area contributed by atoms with Crippen molar-refractivity contribution in [3.05, 3.63) is 0 Å². The molecule has 1 nitrogen and oxygen atoms in total. The predicted molar refractivity (Wildman–Crippen MR) is 49.7 cm³/mol. The molecule has 0 aliphatic carbocycles. The van der Waals surface area contributed by atoms with Crippen molar-refractivity contribution in [2.75, 3.05) is 13.6 Å². The normalized spacial score (nSPS) is 34.6. The van der Waals surface area contributed by atoms with Crippen molar-refractivity contribution in [2.24, 2.45) is 11.3 Å². The van der Waals surface area contributed by atoms with E-state index < -0.39 is 0 Å². The molecule has 1 fully saturated rings. The Morgan fingerprint density at radius 3 is 2.00 bits per heavy atom. The summed E-state index contributed by atoms with van der Waals surface area (Å²) in [7, 11) is 2.23. The SMILES string of the molecule is C[C@H]1CC(C(C)(C)C)CN1C. The van der Waals surface area contributed by atoms with Gasteiger partial charge in [0.2, 0.25) is 0 Å². The van der Waals surface area contributed by atoms with Gasteiger partial charge in [0.05, 0.1) is 0 Å². The number of rotatable bonds is 0. The van der Waals surface area contributed by atoms with Crippen LogP contribution in [0.4, 0.5) is 0 Å². The van der Waals surface area contributed by atoms with Crippen LogP contribution >= 0.6 is 0 Å². The fourth-order valence-electron chi connectivity index (χ4n) is 1.82. The number of likely N-dealkylation sites (tertiary alicyclic amines) is 1. The van der Waals surface area contributed by atoms with Crippen molar-refractivity contribution in [1.29, 1.82) is 0 Å². The standard InChI is InChI=1S/C10H21N/c1-8-6-9(7-11(8)5)10(2,3)4/h8-9H,6-7H2,1-5H3/t8-,9?/m0/s1. The van der Waals surface area contributed by atoms with E-state index in [4.69, 9.17) is 0 Å². The molecule has 0 aromatic rings. The first-order valence-electron chi connectivity index (χ1n) is 4.61. The largest absolute Gasteiger partial charge is 0.303 e. The van der Waals surface area contributed by atoms with E-state index in [0.29, 0.717) is 5.41 Å². The third kappa shape index (κ3) is 1.96. The van der Waals surface area contributed by atoms with E-state index in [1.807, 2.05) is 0 Å². The van der Waals surface area contributed by atoms with Crippen LogP contribution in [0.5, 0.6) is 0 Å². The lowest BCUT2D eigenvalue weighted by Crippen LogP contribution is -2.24. The second kappa shape index (κ2) is 2.78. The molecule has 1 aliphatic rings. The Kier molecular flexibility index (Phi) is 2.29. The van der Waals surface area contributed by atoms with Crippen LogP contribution in [0.25, 0.3) is 0 Å². The van der Waals surface area contributed by atoms with Gasteiger partial charge in [0.25, 0.3) is 0 Å². The minimum Gasteiger partial charge on any atom is -0.303 e. The molecule has 0 spiro atoms. The van der Waals surface area contributed by atoms with Gasteiger partial charge in [0, 0.05) is 12.6 Å². The highest BCUT2D eigenvalue weighted by Gasteiger charge is 2.33. The maximum Gasteiger partial charge on any atom is 0.00673 e.